The van der Waals surface area contributed by atoms with E-state index < -0.39 is 18.1 Å². The average molecular weight is 481 g/mol. The van der Waals surface area contributed by atoms with Gasteiger partial charge in [0.15, 0.2) is 0 Å². The highest BCUT2D eigenvalue weighted by molar-refractivity contribution is 5.86. The van der Waals surface area contributed by atoms with Gasteiger partial charge in [-0.05, 0) is 53.4 Å². The number of hydrogen-bond donors (Lipinski definition) is 3. The normalized spacial score (nSPS) is 19.5. The summed E-state index contributed by atoms with van der Waals surface area (Å²) in [4.78, 5) is 36.2. The van der Waals surface area contributed by atoms with Crippen molar-refractivity contribution in [3.8, 4) is 11.1 Å². The Balaban J connectivity index is 1.29. The van der Waals surface area contributed by atoms with Crippen LogP contribution in [0.4, 0.5) is 4.79 Å². The van der Waals surface area contributed by atoms with Crippen LogP contribution < -0.4 is 10.6 Å². The second-order valence-electron chi connectivity index (χ2n) is 9.37. The first-order valence-electron chi connectivity index (χ1n) is 12.1. The molecule has 2 aromatic rings. The average Bonchev–Trinajstić information content (AvgIpc) is 3.42. The van der Waals surface area contributed by atoms with Gasteiger partial charge in [0, 0.05) is 26.0 Å². The first kappa shape index (κ1) is 24.7. The fourth-order valence-corrected chi connectivity index (χ4v) is 5.30. The van der Waals surface area contributed by atoms with E-state index in [1.165, 1.54) is 7.11 Å². The number of methoxy groups -OCH3 is 1. The Labute approximate surface area is 205 Å². The Morgan fingerprint density at radius 2 is 1.63 bits per heavy atom. The van der Waals surface area contributed by atoms with Crippen LogP contribution >= 0.6 is 0 Å². The molecule has 0 heterocycles. The van der Waals surface area contributed by atoms with Gasteiger partial charge in [0.25, 0.3) is 0 Å². The second-order valence-corrected chi connectivity index (χ2v) is 9.37. The van der Waals surface area contributed by atoms with Crippen molar-refractivity contribution in [3.63, 3.8) is 0 Å². The molecule has 0 aromatic heterocycles. The Bertz CT molecular complexity index is 1030. The molecule has 8 nitrogen and oxygen atoms in total. The monoisotopic (exact) mass is 480 g/mol. The predicted molar refractivity (Wildman–Crippen MR) is 130 cm³/mol. The molecule has 0 aliphatic heterocycles. The van der Waals surface area contributed by atoms with Crippen molar-refractivity contribution in [2.24, 2.45) is 11.8 Å². The predicted octanol–water partition coefficient (Wildman–Crippen LogP) is 3.55. The summed E-state index contributed by atoms with van der Waals surface area (Å²) in [5.74, 6) is -0.803. The summed E-state index contributed by atoms with van der Waals surface area (Å²) in [7, 11) is 1.47. The number of benzene rings is 2. The highest BCUT2D eigenvalue weighted by Crippen LogP contribution is 2.44. The summed E-state index contributed by atoms with van der Waals surface area (Å²) < 4.78 is 10.7. The molecule has 1 saturated carbocycles. The van der Waals surface area contributed by atoms with Gasteiger partial charge in [-0.3, -0.25) is 9.59 Å². The van der Waals surface area contributed by atoms with Gasteiger partial charge in [0.1, 0.15) is 12.6 Å². The van der Waals surface area contributed by atoms with Gasteiger partial charge < -0.3 is 25.2 Å². The summed E-state index contributed by atoms with van der Waals surface area (Å²) in [6.45, 7) is 0.623. The molecule has 8 heteroatoms. The van der Waals surface area contributed by atoms with Gasteiger partial charge in [-0.15, -0.1) is 0 Å². The number of carboxylic acid groups (broad SMARTS) is 1. The van der Waals surface area contributed by atoms with Crippen LogP contribution in [0.25, 0.3) is 11.1 Å². The Kier molecular flexibility index (Phi) is 8.02. The van der Waals surface area contributed by atoms with Gasteiger partial charge in [0.2, 0.25) is 5.91 Å². The van der Waals surface area contributed by atoms with E-state index in [1.54, 1.807) is 0 Å². The van der Waals surface area contributed by atoms with E-state index in [1.807, 2.05) is 36.4 Å². The van der Waals surface area contributed by atoms with E-state index in [9.17, 15) is 14.4 Å². The molecule has 2 aromatic carbocycles. The lowest BCUT2D eigenvalue weighted by atomic mass is 9.98. The largest absolute Gasteiger partial charge is 0.481 e. The number of nitrogens with one attached hydrogen (secondary N) is 2. The molecule has 35 heavy (non-hydrogen) atoms. The number of fused-ring (bicyclic) bond motifs is 3. The lowest BCUT2D eigenvalue weighted by Gasteiger charge is -2.20. The third-order valence-electron chi connectivity index (χ3n) is 6.96. The number of carbonyl (C=O) groups excluding carboxylic acids is 2. The molecule has 0 saturated heterocycles. The highest BCUT2D eigenvalue weighted by Gasteiger charge is 2.31. The molecule has 2 amide bonds. The molecule has 1 fully saturated rings. The molecule has 2 aliphatic carbocycles. The lowest BCUT2D eigenvalue weighted by molar-refractivity contribution is -0.138. The smallest absolute Gasteiger partial charge is 0.407 e. The van der Waals surface area contributed by atoms with E-state index in [4.69, 9.17) is 14.6 Å². The second kappa shape index (κ2) is 11.4. The summed E-state index contributed by atoms with van der Waals surface area (Å²) in [5, 5.41) is 14.5. The van der Waals surface area contributed by atoms with Crippen LogP contribution in [0.1, 0.15) is 42.7 Å². The number of amides is 2. The first-order chi connectivity index (χ1) is 17.0. The van der Waals surface area contributed by atoms with Gasteiger partial charge in [-0.1, -0.05) is 48.5 Å². The summed E-state index contributed by atoms with van der Waals surface area (Å²) in [6, 6.07) is 15.3. The van der Waals surface area contributed by atoms with Crippen LogP contribution in [0.3, 0.4) is 0 Å². The Morgan fingerprint density at radius 3 is 2.26 bits per heavy atom. The topological polar surface area (TPSA) is 114 Å². The Morgan fingerprint density at radius 1 is 1.00 bits per heavy atom. The van der Waals surface area contributed by atoms with Crippen LogP contribution in [-0.2, 0) is 19.1 Å². The molecule has 0 bridgehead atoms. The third-order valence-corrected chi connectivity index (χ3v) is 6.96. The van der Waals surface area contributed by atoms with Crippen molar-refractivity contribution in [1.29, 1.82) is 0 Å². The molecule has 2 aliphatic rings. The van der Waals surface area contributed by atoms with Crippen LogP contribution in [-0.4, -0.2) is 56.0 Å². The maximum absolute atomic E-state index is 12.7. The van der Waals surface area contributed by atoms with Crippen LogP contribution in [0, 0.1) is 11.8 Å². The van der Waals surface area contributed by atoms with Gasteiger partial charge in [-0.25, -0.2) is 4.79 Å². The first-order valence-corrected chi connectivity index (χ1v) is 12.1. The van der Waals surface area contributed by atoms with Crippen molar-refractivity contribution in [3.05, 3.63) is 59.7 Å². The molecule has 0 spiro atoms. The number of ether oxygens (including phenoxy) is 2. The van der Waals surface area contributed by atoms with Crippen LogP contribution in [0.2, 0.25) is 0 Å². The van der Waals surface area contributed by atoms with Crippen molar-refractivity contribution >= 4 is 18.0 Å². The maximum Gasteiger partial charge on any atom is 0.407 e. The summed E-state index contributed by atoms with van der Waals surface area (Å²) >= 11 is 0. The fraction of sp³-hybridized carbons (Fsp3) is 0.444. The minimum Gasteiger partial charge on any atom is -0.481 e. The Hall–Kier alpha value is -3.39. The zero-order valence-electron chi connectivity index (χ0n) is 19.9. The molecular formula is C27H32N2O6. The molecule has 3 unspecified atom stereocenters. The zero-order chi connectivity index (χ0) is 24.8. The van der Waals surface area contributed by atoms with Gasteiger partial charge >= 0.3 is 12.1 Å². The van der Waals surface area contributed by atoms with E-state index in [0.29, 0.717) is 6.54 Å². The third kappa shape index (κ3) is 6.00. The quantitative estimate of drug-likeness (QED) is 0.479. The number of aliphatic carboxylic acids is 1. The standard InChI is InChI=1S/C27H32N2O6/c1-34-16-24(26(32)28-14-18-11-10-17(12-18)13-25(30)31)29-27(33)35-15-23-21-8-4-2-6-19(21)20-7-3-5-9-22(20)23/h2-9,17-18,23-24H,10-16H2,1H3,(H,28,32)(H,29,33)(H,30,31). The van der Waals surface area contributed by atoms with Crippen molar-refractivity contribution < 1.29 is 29.0 Å². The van der Waals surface area contributed by atoms with Gasteiger partial charge in [-0.2, -0.15) is 0 Å². The molecule has 186 valence electrons. The fourth-order valence-electron chi connectivity index (χ4n) is 5.30. The van der Waals surface area contributed by atoms with Crippen molar-refractivity contribution in [1.82, 2.24) is 10.6 Å². The highest BCUT2D eigenvalue weighted by atomic mass is 16.5. The lowest BCUT2D eigenvalue weighted by Crippen LogP contribution is -2.50. The number of alkyl carbamates (subject to hydrolysis) is 1. The van der Waals surface area contributed by atoms with E-state index in [2.05, 4.69) is 22.8 Å². The number of carbonyl (C=O) groups is 3. The number of hydrogen-bond acceptors (Lipinski definition) is 5. The summed E-state index contributed by atoms with van der Waals surface area (Å²) in [6.07, 6.45) is 2.01. The van der Waals surface area contributed by atoms with E-state index >= 15 is 0 Å². The maximum atomic E-state index is 12.7. The molecule has 3 N–H and O–H groups in total. The van der Waals surface area contributed by atoms with E-state index in [-0.39, 0.29) is 43.3 Å². The minimum atomic E-state index is -0.883. The van der Waals surface area contributed by atoms with Crippen LogP contribution in [0.15, 0.2) is 48.5 Å². The molecule has 0 radical (unpaired) electrons. The minimum absolute atomic E-state index is 0.0162. The van der Waals surface area contributed by atoms with Crippen LogP contribution in [0.5, 0.6) is 0 Å². The molecule has 3 atom stereocenters. The zero-order valence-corrected chi connectivity index (χ0v) is 19.9. The SMILES string of the molecule is COCC(NC(=O)OCC1c2ccccc2-c2ccccc21)C(=O)NCC1CCC(CC(=O)O)C1. The van der Waals surface area contributed by atoms with Crippen molar-refractivity contribution in [2.45, 2.75) is 37.6 Å². The van der Waals surface area contributed by atoms with Crippen molar-refractivity contribution in [2.75, 3.05) is 26.9 Å². The number of carboxylic acids is 1. The van der Waals surface area contributed by atoms with Gasteiger partial charge in [0.05, 0.1) is 6.61 Å². The molecular weight excluding hydrogens is 448 g/mol. The van der Waals surface area contributed by atoms with E-state index in [0.717, 1.165) is 41.5 Å². The molecule has 4 rings (SSSR count). The summed E-state index contributed by atoms with van der Waals surface area (Å²) in [5.41, 5.74) is 4.52. The number of rotatable bonds is 10.